The molecule has 0 saturated carbocycles. The second kappa shape index (κ2) is 13.7. The smallest absolute Gasteiger partial charge is 0.293 e. The number of ether oxygens (including phenoxy) is 1. The summed E-state index contributed by atoms with van der Waals surface area (Å²) in [6.07, 6.45) is 1.06. The normalized spacial score (nSPS) is 15.1. The van der Waals surface area contributed by atoms with Gasteiger partial charge in [0.05, 0.1) is 0 Å². The first-order valence-electron chi connectivity index (χ1n) is 12.2. The van der Waals surface area contributed by atoms with E-state index in [1.807, 2.05) is 20.8 Å². The SMILES string of the molecule is CC.CCN(CCN)/C(C=N)=C(\OC1CCc2c(F)ccc(F)c2C1)C(=O)Nc1cc(C)cc(F)c1. The molecule has 0 spiro atoms. The molecule has 0 saturated heterocycles. The van der Waals surface area contributed by atoms with Crippen molar-refractivity contribution in [1.82, 2.24) is 4.90 Å². The van der Waals surface area contributed by atoms with Crippen molar-refractivity contribution in [2.75, 3.05) is 25.0 Å². The molecule has 2 aromatic rings. The highest BCUT2D eigenvalue weighted by Gasteiger charge is 2.29. The van der Waals surface area contributed by atoms with Crippen molar-refractivity contribution < 1.29 is 22.7 Å². The molecule has 2 aromatic carbocycles. The van der Waals surface area contributed by atoms with Gasteiger partial charge in [0.25, 0.3) is 5.91 Å². The van der Waals surface area contributed by atoms with Crippen LogP contribution in [-0.2, 0) is 22.4 Å². The molecule has 1 amide bonds. The molecule has 4 N–H and O–H groups in total. The van der Waals surface area contributed by atoms with Gasteiger partial charge >= 0.3 is 0 Å². The molecule has 196 valence electrons. The number of nitrogens with two attached hydrogens (primary N) is 1. The van der Waals surface area contributed by atoms with Crippen LogP contribution in [0.25, 0.3) is 0 Å². The molecular formula is C27H35F3N4O2. The number of allylic oxidation sites excluding steroid dienone is 1. The highest BCUT2D eigenvalue weighted by Crippen LogP contribution is 2.30. The van der Waals surface area contributed by atoms with E-state index in [1.54, 1.807) is 17.9 Å². The van der Waals surface area contributed by atoms with Crippen molar-refractivity contribution in [3.8, 4) is 0 Å². The number of nitrogens with one attached hydrogen (secondary N) is 2. The molecule has 1 atom stereocenters. The zero-order valence-electron chi connectivity index (χ0n) is 21.3. The van der Waals surface area contributed by atoms with Crippen LogP contribution in [0.2, 0.25) is 0 Å². The third-order valence-corrected chi connectivity index (χ3v) is 5.75. The van der Waals surface area contributed by atoms with Gasteiger partial charge < -0.3 is 26.1 Å². The highest BCUT2D eigenvalue weighted by molar-refractivity contribution is 6.05. The Labute approximate surface area is 210 Å². The standard InChI is InChI=1S/C25H29F3N4O2.C2H6/c1-3-32(9-8-29)23(14-30)24(25(33)31-17-11-15(2)10-16(26)12-17)34-18-4-5-19-20(13-18)22(28)7-6-21(19)27;1-2/h6-7,10-12,14,18,30H,3-5,8-9,13,29H2,1-2H3,(H,31,33);1-2H3/b24-23-,30-14?;. The first-order valence-corrected chi connectivity index (χ1v) is 12.2. The minimum Gasteiger partial charge on any atom is -0.483 e. The predicted molar refractivity (Wildman–Crippen MR) is 136 cm³/mol. The fourth-order valence-electron chi connectivity index (χ4n) is 4.16. The van der Waals surface area contributed by atoms with E-state index in [4.69, 9.17) is 15.9 Å². The number of rotatable bonds is 9. The molecule has 1 aliphatic carbocycles. The molecule has 1 unspecified atom stereocenters. The van der Waals surface area contributed by atoms with Crippen molar-refractivity contribution in [2.45, 2.75) is 53.1 Å². The van der Waals surface area contributed by atoms with Gasteiger partial charge in [-0.3, -0.25) is 4.79 Å². The summed E-state index contributed by atoms with van der Waals surface area (Å²) >= 11 is 0. The third kappa shape index (κ3) is 7.10. The van der Waals surface area contributed by atoms with Gasteiger partial charge in [-0.05, 0) is 73.7 Å². The van der Waals surface area contributed by atoms with Crippen LogP contribution in [0.5, 0.6) is 0 Å². The van der Waals surface area contributed by atoms with Gasteiger partial charge in [-0.25, -0.2) is 13.2 Å². The lowest BCUT2D eigenvalue weighted by Gasteiger charge is -2.30. The summed E-state index contributed by atoms with van der Waals surface area (Å²) in [5, 5.41) is 10.6. The maximum Gasteiger partial charge on any atom is 0.293 e. The number of amides is 1. The van der Waals surface area contributed by atoms with Gasteiger partial charge in [-0.15, -0.1) is 0 Å². The van der Waals surface area contributed by atoms with Crippen LogP contribution in [-0.4, -0.2) is 42.8 Å². The van der Waals surface area contributed by atoms with Gasteiger partial charge in [-0.2, -0.15) is 0 Å². The summed E-state index contributed by atoms with van der Waals surface area (Å²) in [6, 6.07) is 6.30. The number of hydrogen-bond donors (Lipinski definition) is 3. The van der Waals surface area contributed by atoms with E-state index >= 15 is 0 Å². The second-order valence-corrected chi connectivity index (χ2v) is 8.17. The molecular weight excluding hydrogens is 469 g/mol. The number of benzene rings is 2. The molecule has 0 aliphatic heterocycles. The van der Waals surface area contributed by atoms with Crippen LogP contribution in [0.4, 0.5) is 18.9 Å². The quantitative estimate of drug-likeness (QED) is 0.252. The fraction of sp³-hybridized carbons (Fsp3) is 0.407. The van der Waals surface area contributed by atoms with Crippen LogP contribution in [0.15, 0.2) is 41.8 Å². The summed E-state index contributed by atoms with van der Waals surface area (Å²) in [5.74, 6) is -2.33. The molecule has 9 heteroatoms. The molecule has 0 heterocycles. The summed E-state index contributed by atoms with van der Waals surface area (Å²) < 4.78 is 48.4. The minimum atomic E-state index is -0.676. The second-order valence-electron chi connectivity index (χ2n) is 8.17. The zero-order valence-corrected chi connectivity index (χ0v) is 21.3. The van der Waals surface area contributed by atoms with E-state index < -0.39 is 29.5 Å². The molecule has 0 bridgehead atoms. The zero-order chi connectivity index (χ0) is 26.8. The van der Waals surface area contributed by atoms with Crippen molar-refractivity contribution in [3.63, 3.8) is 0 Å². The maximum absolute atomic E-state index is 14.4. The number of halogens is 3. The molecule has 36 heavy (non-hydrogen) atoms. The summed E-state index contributed by atoms with van der Waals surface area (Å²) in [6.45, 7) is 8.65. The van der Waals surface area contributed by atoms with Crippen LogP contribution >= 0.6 is 0 Å². The Balaban J connectivity index is 0.00000222. The average Bonchev–Trinajstić information content (AvgIpc) is 2.86. The molecule has 6 nitrogen and oxygen atoms in total. The number of aryl methyl sites for hydroxylation is 1. The van der Waals surface area contributed by atoms with Gasteiger partial charge in [0.1, 0.15) is 29.3 Å². The predicted octanol–water partition coefficient (Wildman–Crippen LogP) is 5.09. The molecule has 3 rings (SSSR count). The van der Waals surface area contributed by atoms with Crippen LogP contribution in [0.3, 0.4) is 0 Å². The van der Waals surface area contributed by atoms with Crippen molar-refractivity contribution in [3.05, 3.63) is 75.9 Å². The highest BCUT2D eigenvalue weighted by atomic mass is 19.1. The number of likely N-dealkylation sites (N-methyl/N-ethyl adjacent to an activating group) is 1. The molecule has 0 radical (unpaired) electrons. The van der Waals surface area contributed by atoms with Crippen LogP contribution in [0.1, 0.15) is 43.9 Å². The summed E-state index contributed by atoms with van der Waals surface area (Å²) in [7, 11) is 0. The van der Waals surface area contributed by atoms with Crippen LogP contribution < -0.4 is 11.1 Å². The van der Waals surface area contributed by atoms with Gasteiger partial charge in [0.15, 0.2) is 0 Å². The Morgan fingerprint density at radius 2 is 1.86 bits per heavy atom. The Kier molecular flexibility index (Phi) is 11.0. The number of hydrogen-bond acceptors (Lipinski definition) is 5. The van der Waals surface area contributed by atoms with Gasteiger partial charge in [0.2, 0.25) is 5.76 Å². The van der Waals surface area contributed by atoms with Crippen molar-refractivity contribution >= 4 is 17.8 Å². The Hall–Kier alpha value is -3.33. The number of carbonyl (C=O) groups is 1. The summed E-state index contributed by atoms with van der Waals surface area (Å²) in [5.41, 5.74) is 7.29. The van der Waals surface area contributed by atoms with E-state index in [-0.39, 0.29) is 42.1 Å². The third-order valence-electron chi connectivity index (χ3n) is 5.75. The number of nitrogens with zero attached hydrogens (tertiary/aromatic N) is 1. The first-order chi connectivity index (χ1) is 17.3. The largest absolute Gasteiger partial charge is 0.483 e. The fourth-order valence-corrected chi connectivity index (χ4v) is 4.16. The number of carbonyl (C=O) groups excluding carboxylic acids is 1. The lowest BCUT2D eigenvalue weighted by molar-refractivity contribution is -0.117. The lowest BCUT2D eigenvalue weighted by Crippen LogP contribution is -2.35. The Bertz CT molecular complexity index is 1080. The Morgan fingerprint density at radius 3 is 2.44 bits per heavy atom. The van der Waals surface area contributed by atoms with E-state index in [0.717, 1.165) is 18.3 Å². The van der Waals surface area contributed by atoms with E-state index in [2.05, 4.69) is 5.32 Å². The maximum atomic E-state index is 14.4. The van der Waals surface area contributed by atoms with Gasteiger partial charge in [0, 0.05) is 38.0 Å². The lowest BCUT2D eigenvalue weighted by atomic mass is 9.89. The number of anilines is 1. The van der Waals surface area contributed by atoms with E-state index in [0.29, 0.717) is 30.6 Å². The molecule has 1 aliphatic rings. The van der Waals surface area contributed by atoms with E-state index in [9.17, 15) is 18.0 Å². The topological polar surface area (TPSA) is 91.4 Å². The van der Waals surface area contributed by atoms with Crippen molar-refractivity contribution in [2.24, 2.45) is 5.73 Å². The first kappa shape index (κ1) is 28.9. The minimum absolute atomic E-state index is 0.0725. The molecule has 0 aromatic heterocycles. The monoisotopic (exact) mass is 504 g/mol. The van der Waals surface area contributed by atoms with Gasteiger partial charge in [-0.1, -0.05) is 13.8 Å². The Morgan fingerprint density at radius 1 is 1.19 bits per heavy atom. The van der Waals surface area contributed by atoms with E-state index in [1.165, 1.54) is 12.1 Å². The van der Waals surface area contributed by atoms with Crippen molar-refractivity contribution in [1.29, 1.82) is 5.41 Å². The van der Waals surface area contributed by atoms with Crippen LogP contribution in [0, 0.1) is 29.8 Å². The molecule has 0 fully saturated rings. The average molecular weight is 505 g/mol. The number of fused-ring (bicyclic) bond motifs is 1. The summed E-state index contributed by atoms with van der Waals surface area (Å²) in [4.78, 5) is 15.0.